The first kappa shape index (κ1) is 21.2. The van der Waals surface area contributed by atoms with Crippen LogP contribution in [0.4, 0.5) is 11.4 Å². The molecule has 1 fully saturated rings. The van der Waals surface area contributed by atoms with Gasteiger partial charge in [-0.05, 0) is 91.1 Å². The van der Waals surface area contributed by atoms with Crippen molar-refractivity contribution in [3.05, 3.63) is 94.0 Å². The molecule has 36 heavy (non-hydrogen) atoms. The molecule has 7 rings (SSSR count). The zero-order valence-electron chi connectivity index (χ0n) is 19.7. The molecule has 0 N–H and O–H groups in total. The summed E-state index contributed by atoms with van der Waals surface area (Å²) in [6, 6.07) is 18.4. The molecule has 3 aromatic rings. The Morgan fingerprint density at radius 1 is 0.556 bits per heavy atom. The normalized spacial score (nSPS) is 22.4. The van der Waals surface area contributed by atoms with Gasteiger partial charge in [-0.25, -0.2) is 9.80 Å². The molecule has 0 bridgehead atoms. The molecule has 4 aliphatic rings. The highest BCUT2D eigenvalue weighted by Crippen LogP contribution is 2.41. The number of nitrogens with zero attached hydrogens (tertiary/aromatic N) is 2. The summed E-state index contributed by atoms with van der Waals surface area (Å²) in [7, 11) is 0. The lowest BCUT2D eigenvalue weighted by Crippen LogP contribution is -2.32. The van der Waals surface area contributed by atoms with Crippen molar-refractivity contribution >= 4 is 35.0 Å². The molecule has 178 valence electrons. The molecule has 0 aromatic heterocycles. The Kier molecular flexibility index (Phi) is 4.55. The van der Waals surface area contributed by atoms with E-state index >= 15 is 0 Å². The minimum absolute atomic E-state index is 0.216. The zero-order chi connectivity index (χ0) is 24.6. The number of carbonyl (C=O) groups excluding carboxylic acids is 4. The maximum Gasteiger partial charge on any atom is 0.266 e. The van der Waals surface area contributed by atoms with Crippen LogP contribution in [0.25, 0.3) is 0 Å². The lowest BCUT2D eigenvalue weighted by molar-refractivity contribution is -0.122. The van der Waals surface area contributed by atoms with E-state index in [0.717, 1.165) is 47.9 Å². The number of fused-ring (bicyclic) bond motifs is 4. The van der Waals surface area contributed by atoms with Crippen LogP contribution < -0.4 is 9.80 Å². The molecule has 2 heterocycles. The zero-order valence-corrected chi connectivity index (χ0v) is 19.7. The Morgan fingerprint density at radius 3 is 1.58 bits per heavy atom. The molecule has 6 heteroatoms. The van der Waals surface area contributed by atoms with E-state index in [9.17, 15) is 19.2 Å². The highest BCUT2D eigenvalue weighted by molar-refractivity contribution is 6.34. The summed E-state index contributed by atoms with van der Waals surface area (Å²) in [6.07, 6.45) is 5.11. The third-order valence-corrected chi connectivity index (χ3v) is 8.25. The van der Waals surface area contributed by atoms with Gasteiger partial charge in [-0.15, -0.1) is 0 Å². The number of imide groups is 2. The van der Waals surface area contributed by atoms with Gasteiger partial charge in [-0.2, -0.15) is 0 Å². The maximum atomic E-state index is 13.4. The van der Waals surface area contributed by atoms with Crippen molar-refractivity contribution < 1.29 is 19.2 Å². The third kappa shape index (κ3) is 2.97. The van der Waals surface area contributed by atoms with Crippen LogP contribution >= 0.6 is 0 Å². The number of rotatable bonds is 2. The average Bonchev–Trinajstić information content (AvgIpc) is 3.29. The molecule has 0 saturated carbocycles. The van der Waals surface area contributed by atoms with Crippen molar-refractivity contribution in [1.82, 2.24) is 0 Å². The van der Waals surface area contributed by atoms with E-state index in [1.807, 2.05) is 36.4 Å². The lowest BCUT2D eigenvalue weighted by atomic mass is 9.77. The van der Waals surface area contributed by atoms with Gasteiger partial charge in [0.05, 0.1) is 34.3 Å². The monoisotopic (exact) mass is 476 g/mol. The molecular formula is C30H24N2O4. The van der Waals surface area contributed by atoms with Gasteiger partial charge in [0, 0.05) is 0 Å². The Balaban J connectivity index is 1.22. The Morgan fingerprint density at radius 2 is 1.06 bits per heavy atom. The van der Waals surface area contributed by atoms with E-state index in [0.29, 0.717) is 35.3 Å². The SMILES string of the molecule is O=C1c2cc3c(cc2C(=O)N1c1cccc(N2C(=O)C4Cc5ccccc5CC4C2=O)c1)CCCC3. The van der Waals surface area contributed by atoms with Crippen molar-refractivity contribution in [3.63, 3.8) is 0 Å². The van der Waals surface area contributed by atoms with Crippen molar-refractivity contribution in [1.29, 1.82) is 0 Å². The average molecular weight is 477 g/mol. The van der Waals surface area contributed by atoms with E-state index < -0.39 is 0 Å². The molecule has 3 aromatic carbocycles. The van der Waals surface area contributed by atoms with Crippen LogP contribution in [0.2, 0.25) is 0 Å². The van der Waals surface area contributed by atoms with Crippen molar-refractivity contribution in [3.8, 4) is 0 Å². The number of benzene rings is 3. The number of hydrogen-bond donors (Lipinski definition) is 0. The van der Waals surface area contributed by atoms with E-state index in [4.69, 9.17) is 0 Å². The number of amides is 4. The smallest absolute Gasteiger partial charge is 0.266 e. The van der Waals surface area contributed by atoms with E-state index in [1.54, 1.807) is 24.3 Å². The molecule has 2 atom stereocenters. The predicted octanol–water partition coefficient (Wildman–Crippen LogP) is 4.27. The first-order chi connectivity index (χ1) is 17.5. The van der Waals surface area contributed by atoms with Crippen molar-refractivity contribution in [2.24, 2.45) is 11.8 Å². The summed E-state index contributed by atoms with van der Waals surface area (Å²) in [6.45, 7) is 0. The van der Waals surface area contributed by atoms with Gasteiger partial charge < -0.3 is 0 Å². The summed E-state index contributed by atoms with van der Waals surface area (Å²) < 4.78 is 0. The number of hydrogen-bond acceptors (Lipinski definition) is 4. The van der Waals surface area contributed by atoms with Crippen LogP contribution in [0.15, 0.2) is 60.7 Å². The second-order valence-corrected chi connectivity index (χ2v) is 10.2. The Hall–Kier alpha value is -4.06. The summed E-state index contributed by atoms with van der Waals surface area (Å²) in [5.74, 6) is -1.92. The minimum Gasteiger partial charge on any atom is -0.274 e. The Bertz CT molecular complexity index is 1420. The van der Waals surface area contributed by atoms with Gasteiger partial charge in [-0.3, -0.25) is 19.2 Å². The summed E-state index contributed by atoms with van der Waals surface area (Å²) in [5, 5.41) is 0. The Labute approximate surface area is 208 Å². The fourth-order valence-corrected chi connectivity index (χ4v) is 6.41. The molecular weight excluding hydrogens is 452 g/mol. The molecule has 0 radical (unpaired) electrons. The number of carbonyl (C=O) groups is 4. The van der Waals surface area contributed by atoms with Gasteiger partial charge in [0.2, 0.25) is 11.8 Å². The first-order valence-electron chi connectivity index (χ1n) is 12.6. The van der Waals surface area contributed by atoms with E-state index in [1.165, 1.54) is 9.80 Å². The van der Waals surface area contributed by atoms with E-state index in [2.05, 4.69) is 0 Å². The number of aryl methyl sites for hydroxylation is 2. The quantitative estimate of drug-likeness (QED) is 0.518. The highest BCUT2D eigenvalue weighted by Gasteiger charge is 2.50. The van der Waals surface area contributed by atoms with Crippen LogP contribution in [0.3, 0.4) is 0 Å². The molecule has 1 saturated heterocycles. The lowest BCUT2D eigenvalue weighted by Gasteiger charge is -2.23. The maximum absolute atomic E-state index is 13.4. The van der Waals surface area contributed by atoms with Crippen molar-refractivity contribution in [2.45, 2.75) is 38.5 Å². The number of anilines is 2. The van der Waals surface area contributed by atoms with Crippen LogP contribution in [0, 0.1) is 11.8 Å². The standard InChI is InChI=1S/C30H24N2O4/c33-27-23-12-17-6-1-2-7-18(17)13-24(23)28(34)31(27)21-10-5-11-22(16-21)32-29(35)25-14-19-8-3-4-9-20(19)15-26(25)30(32)36/h1-2,5-7,10-11,14-16,23-24H,3-4,8-9,12-13H2. The summed E-state index contributed by atoms with van der Waals surface area (Å²) in [4.78, 5) is 55.9. The minimum atomic E-state index is -0.387. The fraction of sp³-hybridized carbons (Fsp3) is 0.267. The van der Waals surface area contributed by atoms with Crippen LogP contribution in [-0.2, 0) is 35.3 Å². The van der Waals surface area contributed by atoms with E-state index in [-0.39, 0.29) is 35.5 Å². The predicted molar refractivity (Wildman–Crippen MR) is 134 cm³/mol. The molecule has 4 amide bonds. The van der Waals surface area contributed by atoms with Crippen LogP contribution in [0.1, 0.15) is 55.8 Å². The van der Waals surface area contributed by atoms with Crippen LogP contribution in [-0.4, -0.2) is 23.6 Å². The molecule has 2 aliphatic carbocycles. The van der Waals surface area contributed by atoms with Gasteiger partial charge in [0.15, 0.2) is 0 Å². The largest absolute Gasteiger partial charge is 0.274 e. The van der Waals surface area contributed by atoms with Gasteiger partial charge in [0.25, 0.3) is 11.8 Å². The molecule has 2 unspecified atom stereocenters. The third-order valence-electron chi connectivity index (χ3n) is 8.25. The molecule has 0 spiro atoms. The molecule has 2 aliphatic heterocycles. The fourth-order valence-electron chi connectivity index (χ4n) is 6.41. The first-order valence-corrected chi connectivity index (χ1v) is 12.6. The van der Waals surface area contributed by atoms with Crippen molar-refractivity contribution in [2.75, 3.05) is 9.80 Å². The van der Waals surface area contributed by atoms with Gasteiger partial charge in [-0.1, -0.05) is 30.3 Å². The van der Waals surface area contributed by atoms with Crippen LogP contribution in [0.5, 0.6) is 0 Å². The summed E-state index contributed by atoms with van der Waals surface area (Å²) in [5.41, 5.74) is 6.16. The topological polar surface area (TPSA) is 74.8 Å². The summed E-state index contributed by atoms with van der Waals surface area (Å²) >= 11 is 0. The molecule has 6 nitrogen and oxygen atoms in total. The second kappa shape index (κ2) is 7.72. The van der Waals surface area contributed by atoms with Gasteiger partial charge >= 0.3 is 0 Å². The second-order valence-electron chi connectivity index (χ2n) is 10.2. The highest BCUT2D eigenvalue weighted by atomic mass is 16.2. The van der Waals surface area contributed by atoms with Gasteiger partial charge in [0.1, 0.15) is 0 Å².